The second-order valence-electron chi connectivity index (χ2n) is 6.39. The first-order valence-corrected chi connectivity index (χ1v) is 8.92. The molecule has 7 heteroatoms. The summed E-state index contributed by atoms with van der Waals surface area (Å²) in [6, 6.07) is 16.2. The van der Waals surface area contributed by atoms with Gasteiger partial charge in [0.1, 0.15) is 28.9 Å². The fraction of sp³-hybridized carbons (Fsp3) is 0.0870. The third kappa shape index (κ3) is 4.56. The molecule has 150 valence electrons. The van der Waals surface area contributed by atoms with Crippen LogP contribution < -0.4 is 5.32 Å². The summed E-state index contributed by atoms with van der Waals surface area (Å²) in [5.74, 6) is -0.0851. The lowest BCUT2D eigenvalue weighted by Gasteiger charge is -2.05. The Morgan fingerprint density at radius 3 is 2.50 bits per heavy atom. The molecule has 2 aromatic carbocycles. The highest BCUT2D eigenvalue weighted by atomic mass is 16.5. The molecule has 0 atom stereocenters. The molecular weight excluding hydrogens is 384 g/mol. The van der Waals surface area contributed by atoms with Crippen LogP contribution in [0.3, 0.4) is 0 Å². The van der Waals surface area contributed by atoms with E-state index in [1.54, 1.807) is 30.3 Å². The molecule has 1 heterocycles. The van der Waals surface area contributed by atoms with Gasteiger partial charge < -0.3 is 19.6 Å². The number of rotatable bonds is 5. The van der Waals surface area contributed by atoms with Crippen molar-refractivity contribution >= 4 is 23.6 Å². The summed E-state index contributed by atoms with van der Waals surface area (Å²) in [5.41, 5.74) is 2.33. The monoisotopic (exact) mass is 402 g/mol. The number of aryl methyl sites for hydroxylation is 1. The van der Waals surface area contributed by atoms with Gasteiger partial charge in [0.2, 0.25) is 0 Å². The number of esters is 1. The van der Waals surface area contributed by atoms with Crippen molar-refractivity contribution in [2.24, 2.45) is 0 Å². The molecule has 0 saturated heterocycles. The number of hydrogen-bond donors (Lipinski definition) is 2. The molecule has 30 heavy (non-hydrogen) atoms. The van der Waals surface area contributed by atoms with Gasteiger partial charge in [-0.25, -0.2) is 4.79 Å². The van der Waals surface area contributed by atoms with Crippen LogP contribution in [0.1, 0.15) is 21.7 Å². The number of anilines is 1. The SMILES string of the molecule is COC(=O)c1ccc(-c2ccc(/C=C(/C#N)C(=O)Nc3ccc(O)cc3)o2)c(C)c1. The van der Waals surface area contributed by atoms with Crippen molar-refractivity contribution in [2.75, 3.05) is 12.4 Å². The van der Waals surface area contributed by atoms with E-state index < -0.39 is 11.9 Å². The van der Waals surface area contributed by atoms with Crippen LogP contribution >= 0.6 is 0 Å². The van der Waals surface area contributed by atoms with E-state index in [9.17, 15) is 20.0 Å². The number of methoxy groups -OCH3 is 1. The number of furan rings is 1. The third-order valence-corrected chi connectivity index (χ3v) is 4.32. The van der Waals surface area contributed by atoms with Crippen LogP contribution in [0.4, 0.5) is 5.69 Å². The Labute approximate surface area is 172 Å². The van der Waals surface area contributed by atoms with Gasteiger partial charge in [-0.1, -0.05) is 6.07 Å². The summed E-state index contributed by atoms with van der Waals surface area (Å²) < 4.78 is 10.5. The number of carbonyl (C=O) groups is 2. The molecule has 0 aliphatic carbocycles. The molecule has 7 nitrogen and oxygen atoms in total. The van der Waals surface area contributed by atoms with Gasteiger partial charge in [-0.05, 0) is 61.0 Å². The Kier molecular flexibility index (Phi) is 5.99. The second-order valence-corrected chi connectivity index (χ2v) is 6.39. The van der Waals surface area contributed by atoms with Crippen LogP contribution in [0.5, 0.6) is 5.75 Å². The van der Waals surface area contributed by atoms with E-state index in [2.05, 4.69) is 5.32 Å². The predicted molar refractivity (Wildman–Crippen MR) is 111 cm³/mol. The molecule has 3 aromatic rings. The lowest BCUT2D eigenvalue weighted by Crippen LogP contribution is -2.13. The van der Waals surface area contributed by atoms with Crippen LogP contribution in [0.15, 0.2) is 64.6 Å². The Morgan fingerprint density at radius 2 is 1.87 bits per heavy atom. The number of nitriles is 1. The van der Waals surface area contributed by atoms with E-state index in [0.29, 0.717) is 22.8 Å². The van der Waals surface area contributed by atoms with Crippen LogP contribution in [0.25, 0.3) is 17.4 Å². The molecule has 0 spiro atoms. The van der Waals surface area contributed by atoms with Crippen LogP contribution in [-0.4, -0.2) is 24.1 Å². The summed E-state index contributed by atoms with van der Waals surface area (Å²) >= 11 is 0. The van der Waals surface area contributed by atoms with E-state index in [1.165, 1.54) is 37.5 Å². The molecular formula is C23H18N2O5. The minimum absolute atomic E-state index is 0.0714. The molecule has 1 aromatic heterocycles. The zero-order valence-corrected chi connectivity index (χ0v) is 16.3. The summed E-state index contributed by atoms with van der Waals surface area (Å²) in [6.45, 7) is 1.84. The zero-order valence-electron chi connectivity index (χ0n) is 16.3. The minimum Gasteiger partial charge on any atom is -0.508 e. The molecule has 1 amide bonds. The maximum Gasteiger partial charge on any atom is 0.337 e. The summed E-state index contributed by atoms with van der Waals surface area (Å²) in [6.07, 6.45) is 1.34. The van der Waals surface area contributed by atoms with Gasteiger partial charge in [0.25, 0.3) is 5.91 Å². The molecule has 3 rings (SSSR count). The number of aromatic hydroxyl groups is 1. The highest BCUT2D eigenvalue weighted by Crippen LogP contribution is 2.27. The van der Waals surface area contributed by atoms with Crippen LogP contribution in [0.2, 0.25) is 0 Å². The molecule has 0 aliphatic rings. The number of ether oxygens (including phenoxy) is 1. The smallest absolute Gasteiger partial charge is 0.337 e. The topological polar surface area (TPSA) is 113 Å². The number of benzene rings is 2. The molecule has 0 saturated carbocycles. The molecule has 2 N–H and O–H groups in total. The van der Waals surface area contributed by atoms with Gasteiger partial charge in [0, 0.05) is 17.3 Å². The molecule has 0 radical (unpaired) electrons. The quantitative estimate of drug-likeness (QED) is 0.285. The van der Waals surface area contributed by atoms with E-state index >= 15 is 0 Å². The lowest BCUT2D eigenvalue weighted by atomic mass is 10.0. The predicted octanol–water partition coefficient (Wildman–Crippen LogP) is 4.29. The summed E-state index contributed by atoms with van der Waals surface area (Å²) in [5, 5.41) is 21.2. The third-order valence-electron chi connectivity index (χ3n) is 4.32. The number of phenolic OH excluding ortho intramolecular Hbond substituents is 1. The van der Waals surface area contributed by atoms with Crippen molar-refractivity contribution in [1.29, 1.82) is 5.26 Å². The fourth-order valence-corrected chi connectivity index (χ4v) is 2.79. The van der Waals surface area contributed by atoms with E-state index in [4.69, 9.17) is 9.15 Å². The van der Waals surface area contributed by atoms with E-state index in [0.717, 1.165) is 11.1 Å². The number of nitrogens with one attached hydrogen (secondary N) is 1. The normalized spacial score (nSPS) is 10.9. The Morgan fingerprint density at radius 1 is 1.13 bits per heavy atom. The standard InChI is InChI=1S/C23H18N2O5/c1-14-11-15(23(28)29-2)3-9-20(14)21-10-8-19(30-21)12-16(13-24)22(27)25-17-4-6-18(26)7-5-17/h3-12,26H,1-2H3,(H,25,27)/b16-12-. The van der Waals surface area contributed by atoms with Crippen molar-refractivity contribution in [3.63, 3.8) is 0 Å². The van der Waals surface area contributed by atoms with Crippen LogP contribution in [-0.2, 0) is 9.53 Å². The van der Waals surface area contributed by atoms with E-state index in [-0.39, 0.29) is 11.3 Å². The Hall–Kier alpha value is -4.31. The largest absolute Gasteiger partial charge is 0.508 e. The van der Waals surface area contributed by atoms with Crippen molar-refractivity contribution in [3.8, 4) is 23.1 Å². The van der Waals surface area contributed by atoms with E-state index in [1.807, 2.05) is 13.0 Å². The first kappa shape index (κ1) is 20.4. The first-order valence-electron chi connectivity index (χ1n) is 8.92. The maximum atomic E-state index is 12.3. The number of phenols is 1. The first-order chi connectivity index (χ1) is 14.4. The lowest BCUT2D eigenvalue weighted by molar-refractivity contribution is -0.112. The Balaban J connectivity index is 1.81. The molecule has 0 unspecified atom stereocenters. The summed E-state index contributed by atoms with van der Waals surface area (Å²) in [4.78, 5) is 24.0. The minimum atomic E-state index is -0.597. The number of hydrogen-bond acceptors (Lipinski definition) is 6. The zero-order chi connectivity index (χ0) is 21.7. The van der Waals surface area contributed by atoms with Gasteiger partial charge in [-0.3, -0.25) is 4.79 Å². The average Bonchev–Trinajstić information content (AvgIpc) is 3.21. The number of carbonyl (C=O) groups excluding carboxylic acids is 2. The molecule has 0 fully saturated rings. The van der Waals surface area contributed by atoms with Crippen molar-refractivity contribution in [1.82, 2.24) is 0 Å². The maximum absolute atomic E-state index is 12.3. The number of amides is 1. The van der Waals surface area contributed by atoms with Crippen molar-refractivity contribution in [3.05, 3.63) is 77.1 Å². The van der Waals surface area contributed by atoms with Crippen LogP contribution in [0, 0.1) is 18.3 Å². The highest BCUT2D eigenvalue weighted by molar-refractivity contribution is 6.09. The average molecular weight is 402 g/mol. The molecule has 0 bridgehead atoms. The van der Waals surface area contributed by atoms with Gasteiger partial charge in [-0.2, -0.15) is 5.26 Å². The van der Waals surface area contributed by atoms with Crippen molar-refractivity contribution in [2.45, 2.75) is 6.92 Å². The highest BCUT2D eigenvalue weighted by Gasteiger charge is 2.14. The van der Waals surface area contributed by atoms with Gasteiger partial charge >= 0.3 is 5.97 Å². The fourth-order valence-electron chi connectivity index (χ4n) is 2.79. The Bertz CT molecular complexity index is 1170. The second kappa shape index (κ2) is 8.80. The number of nitrogens with zero attached hydrogens (tertiary/aromatic N) is 1. The van der Waals surface area contributed by atoms with Gasteiger partial charge in [-0.15, -0.1) is 0 Å². The molecule has 0 aliphatic heterocycles. The van der Waals surface area contributed by atoms with Gasteiger partial charge in [0.15, 0.2) is 0 Å². The van der Waals surface area contributed by atoms with Crippen molar-refractivity contribution < 1.29 is 23.8 Å². The van der Waals surface area contributed by atoms with Gasteiger partial charge in [0.05, 0.1) is 12.7 Å². The summed E-state index contributed by atoms with van der Waals surface area (Å²) in [7, 11) is 1.32.